The number of aromatic nitrogens is 1. The van der Waals surface area contributed by atoms with Gasteiger partial charge in [0.15, 0.2) is 0 Å². The van der Waals surface area contributed by atoms with E-state index in [4.69, 9.17) is 9.31 Å². The Morgan fingerprint density at radius 3 is 2.52 bits per heavy atom. The number of anilines is 1. The van der Waals surface area contributed by atoms with Gasteiger partial charge in [0.2, 0.25) is 0 Å². The molecular formula is C16H22BN3O3. The molecule has 1 N–H and O–H groups in total. The summed E-state index contributed by atoms with van der Waals surface area (Å²) in [6.07, 6.45) is 2.04. The van der Waals surface area contributed by atoms with Gasteiger partial charge >= 0.3 is 7.12 Å². The average Bonchev–Trinajstić information content (AvgIpc) is 2.99. The van der Waals surface area contributed by atoms with Crippen LogP contribution in [0.3, 0.4) is 0 Å². The second-order valence-corrected chi connectivity index (χ2v) is 7.23. The zero-order valence-corrected chi connectivity index (χ0v) is 14.0. The average molecular weight is 315 g/mol. The van der Waals surface area contributed by atoms with Gasteiger partial charge in [0, 0.05) is 24.7 Å². The fourth-order valence-electron chi connectivity index (χ4n) is 2.85. The molecule has 2 aliphatic heterocycles. The van der Waals surface area contributed by atoms with E-state index in [0.717, 1.165) is 5.46 Å². The molecule has 0 unspecified atom stereocenters. The lowest BCUT2D eigenvalue weighted by Crippen LogP contribution is -2.41. The number of rotatable bonds is 2. The van der Waals surface area contributed by atoms with Gasteiger partial charge in [-0.1, -0.05) is 0 Å². The molecule has 122 valence electrons. The normalized spacial score (nSPS) is 25.7. The van der Waals surface area contributed by atoms with Crippen LogP contribution in [-0.2, 0) is 9.31 Å². The van der Waals surface area contributed by atoms with E-state index in [1.165, 1.54) is 0 Å². The van der Waals surface area contributed by atoms with Crippen molar-refractivity contribution in [1.29, 1.82) is 5.26 Å². The maximum atomic E-state index is 9.67. The van der Waals surface area contributed by atoms with Crippen LogP contribution < -0.4 is 10.4 Å². The summed E-state index contributed by atoms with van der Waals surface area (Å²) in [6.45, 7) is 9.19. The van der Waals surface area contributed by atoms with Gasteiger partial charge in [-0.2, -0.15) is 5.26 Å². The summed E-state index contributed by atoms with van der Waals surface area (Å²) in [7, 11) is -0.530. The molecule has 2 fully saturated rings. The molecule has 1 aromatic rings. The first-order valence-corrected chi connectivity index (χ1v) is 7.92. The van der Waals surface area contributed by atoms with Crippen LogP contribution in [0.2, 0.25) is 0 Å². The van der Waals surface area contributed by atoms with Crippen molar-refractivity contribution in [3.63, 3.8) is 0 Å². The lowest BCUT2D eigenvalue weighted by molar-refractivity contribution is 0.00578. The molecule has 1 atom stereocenters. The van der Waals surface area contributed by atoms with Gasteiger partial charge in [0.05, 0.1) is 22.9 Å². The molecule has 0 bridgehead atoms. The largest absolute Gasteiger partial charge is 0.496 e. The topological polar surface area (TPSA) is 78.6 Å². The Bertz CT molecular complexity index is 640. The number of β-amino-alcohol motifs (C(OH)–C–C–N with tert-alkyl or cyclic N) is 1. The number of hydrogen-bond acceptors (Lipinski definition) is 6. The highest BCUT2D eigenvalue weighted by atomic mass is 16.7. The Balaban J connectivity index is 1.88. The lowest BCUT2D eigenvalue weighted by atomic mass is 9.79. The van der Waals surface area contributed by atoms with Crippen LogP contribution in [0.4, 0.5) is 5.82 Å². The third-order valence-corrected chi connectivity index (χ3v) is 5.00. The van der Waals surface area contributed by atoms with Gasteiger partial charge < -0.3 is 19.3 Å². The van der Waals surface area contributed by atoms with Crippen LogP contribution in [0.15, 0.2) is 12.3 Å². The molecule has 0 saturated carbocycles. The van der Waals surface area contributed by atoms with Crippen molar-refractivity contribution in [1.82, 2.24) is 4.98 Å². The van der Waals surface area contributed by atoms with Gasteiger partial charge in [-0.3, -0.25) is 0 Å². The van der Waals surface area contributed by atoms with Crippen molar-refractivity contribution in [2.45, 2.75) is 51.4 Å². The number of nitrogens with zero attached hydrogens (tertiary/aromatic N) is 3. The van der Waals surface area contributed by atoms with Crippen molar-refractivity contribution >= 4 is 18.4 Å². The summed E-state index contributed by atoms with van der Waals surface area (Å²) < 4.78 is 12.0. The first kappa shape index (κ1) is 16.3. The second kappa shape index (κ2) is 5.48. The summed E-state index contributed by atoms with van der Waals surface area (Å²) in [4.78, 5) is 6.38. The fraction of sp³-hybridized carbons (Fsp3) is 0.625. The van der Waals surface area contributed by atoms with E-state index in [1.54, 1.807) is 12.3 Å². The molecule has 6 nitrogen and oxygen atoms in total. The fourth-order valence-corrected chi connectivity index (χ4v) is 2.85. The Morgan fingerprint density at radius 1 is 1.35 bits per heavy atom. The molecule has 1 aromatic heterocycles. The minimum absolute atomic E-state index is 0.355. The van der Waals surface area contributed by atoms with Crippen molar-refractivity contribution in [3.8, 4) is 6.07 Å². The number of hydrogen-bond donors (Lipinski definition) is 1. The Labute approximate surface area is 137 Å². The third kappa shape index (κ3) is 2.83. The standard InChI is InChI=1S/C16H22BN3O3/c1-15(2)16(3,4)23-17(22-15)12-7-11(8-18)14(19-9-12)20-6-5-13(21)10-20/h7,9,13,21H,5-6,10H2,1-4H3/t13-/m1/s1. The van der Waals surface area contributed by atoms with Gasteiger partial charge in [0.1, 0.15) is 11.9 Å². The lowest BCUT2D eigenvalue weighted by Gasteiger charge is -2.32. The minimum Gasteiger partial charge on any atom is -0.399 e. The predicted octanol–water partition coefficient (Wildman–Crippen LogP) is 0.823. The van der Waals surface area contributed by atoms with E-state index >= 15 is 0 Å². The van der Waals surface area contributed by atoms with E-state index in [2.05, 4.69) is 11.1 Å². The Kier molecular flexibility index (Phi) is 3.87. The highest BCUT2D eigenvalue weighted by Gasteiger charge is 2.52. The molecule has 3 heterocycles. The van der Waals surface area contributed by atoms with Crippen molar-refractivity contribution in [2.24, 2.45) is 0 Å². The zero-order valence-electron chi connectivity index (χ0n) is 14.0. The van der Waals surface area contributed by atoms with E-state index < -0.39 is 18.3 Å². The molecule has 0 aliphatic carbocycles. The summed E-state index contributed by atoms with van der Waals surface area (Å²) in [5, 5.41) is 19.1. The van der Waals surface area contributed by atoms with Gasteiger partial charge in [-0.05, 0) is 40.2 Å². The van der Waals surface area contributed by atoms with Gasteiger partial charge in [-0.15, -0.1) is 0 Å². The number of nitriles is 1. The molecule has 3 rings (SSSR count). The highest BCUT2D eigenvalue weighted by Crippen LogP contribution is 2.36. The maximum Gasteiger partial charge on any atom is 0.496 e. The smallest absolute Gasteiger partial charge is 0.399 e. The number of pyridine rings is 1. The van der Waals surface area contributed by atoms with E-state index in [0.29, 0.717) is 30.9 Å². The maximum absolute atomic E-state index is 9.67. The SMILES string of the molecule is CC1(C)OB(c2cnc(N3CC[C@@H](O)C3)c(C#N)c2)OC1(C)C. The summed E-state index contributed by atoms with van der Waals surface area (Å²) in [5.74, 6) is 0.615. The van der Waals surface area contributed by atoms with Crippen LogP contribution in [0, 0.1) is 11.3 Å². The zero-order chi connectivity index (χ0) is 16.8. The molecule has 0 spiro atoms. The van der Waals surface area contributed by atoms with Crippen LogP contribution in [0.5, 0.6) is 0 Å². The minimum atomic E-state index is -0.530. The van der Waals surface area contributed by atoms with Gasteiger partial charge in [-0.25, -0.2) is 4.98 Å². The van der Waals surface area contributed by atoms with E-state index in [9.17, 15) is 10.4 Å². The quantitative estimate of drug-likeness (QED) is 0.814. The van der Waals surface area contributed by atoms with E-state index in [1.807, 2.05) is 32.6 Å². The second-order valence-electron chi connectivity index (χ2n) is 7.23. The predicted molar refractivity (Wildman–Crippen MR) is 87.5 cm³/mol. The monoisotopic (exact) mass is 315 g/mol. The summed E-state index contributed by atoms with van der Waals surface area (Å²) in [5.41, 5.74) is 0.361. The van der Waals surface area contributed by atoms with Crippen LogP contribution in [0.25, 0.3) is 0 Å². The molecule has 0 aromatic carbocycles. The summed E-state index contributed by atoms with van der Waals surface area (Å²) >= 11 is 0. The first-order valence-electron chi connectivity index (χ1n) is 7.92. The molecule has 0 radical (unpaired) electrons. The first-order chi connectivity index (χ1) is 10.7. The third-order valence-electron chi connectivity index (χ3n) is 5.00. The van der Waals surface area contributed by atoms with Crippen LogP contribution in [0.1, 0.15) is 39.7 Å². The Hall–Kier alpha value is -1.62. The van der Waals surface area contributed by atoms with E-state index in [-0.39, 0.29) is 6.10 Å². The number of aliphatic hydroxyl groups is 1. The summed E-state index contributed by atoms with van der Waals surface area (Å²) in [6, 6.07) is 3.97. The molecule has 2 aliphatic rings. The van der Waals surface area contributed by atoms with Crippen LogP contribution >= 0.6 is 0 Å². The molecule has 0 amide bonds. The van der Waals surface area contributed by atoms with Gasteiger partial charge in [0.25, 0.3) is 0 Å². The molecule has 7 heteroatoms. The van der Waals surface area contributed by atoms with Crippen LogP contribution in [-0.4, -0.2) is 47.6 Å². The molecular weight excluding hydrogens is 293 g/mol. The molecule has 23 heavy (non-hydrogen) atoms. The number of aliphatic hydroxyl groups excluding tert-OH is 1. The Morgan fingerprint density at radius 2 is 2.00 bits per heavy atom. The van der Waals surface area contributed by atoms with Crippen molar-refractivity contribution in [2.75, 3.05) is 18.0 Å². The van der Waals surface area contributed by atoms with Crippen molar-refractivity contribution < 1.29 is 14.4 Å². The molecule has 2 saturated heterocycles. The highest BCUT2D eigenvalue weighted by molar-refractivity contribution is 6.62. The van der Waals surface area contributed by atoms with Crippen molar-refractivity contribution in [3.05, 3.63) is 17.8 Å².